The van der Waals surface area contributed by atoms with Gasteiger partial charge in [0.2, 0.25) is 0 Å². The Labute approximate surface area is 128 Å². The van der Waals surface area contributed by atoms with E-state index in [1.807, 2.05) is 13.2 Å². The third kappa shape index (κ3) is 4.08. The van der Waals surface area contributed by atoms with Crippen molar-refractivity contribution in [1.29, 1.82) is 0 Å². The van der Waals surface area contributed by atoms with Gasteiger partial charge in [-0.3, -0.25) is 20.8 Å². The number of rotatable bonds is 7. The second-order valence-corrected chi connectivity index (χ2v) is 5.48. The highest BCUT2D eigenvalue weighted by Crippen LogP contribution is 2.24. The molecule has 116 valence electrons. The van der Waals surface area contributed by atoms with Crippen LogP contribution in [0.15, 0.2) is 18.2 Å². The summed E-state index contributed by atoms with van der Waals surface area (Å²) in [4.78, 5) is 24.6. The van der Waals surface area contributed by atoms with Gasteiger partial charge >= 0.3 is 0 Å². The van der Waals surface area contributed by atoms with Crippen molar-refractivity contribution in [3.63, 3.8) is 0 Å². The summed E-state index contributed by atoms with van der Waals surface area (Å²) in [6, 6.07) is 4.18. The van der Waals surface area contributed by atoms with Crippen LogP contribution in [0.1, 0.15) is 23.7 Å². The van der Waals surface area contributed by atoms with Gasteiger partial charge in [0.25, 0.3) is 11.6 Å². The zero-order valence-electron chi connectivity index (χ0n) is 12.3. The number of carbonyl (C=O) groups excluding carboxylic acids is 1. The summed E-state index contributed by atoms with van der Waals surface area (Å²) >= 11 is 1.63. The van der Waals surface area contributed by atoms with Crippen molar-refractivity contribution >= 4 is 29.0 Å². The van der Waals surface area contributed by atoms with Gasteiger partial charge in [0.05, 0.1) is 4.92 Å². The van der Waals surface area contributed by atoms with E-state index in [4.69, 9.17) is 5.84 Å². The first-order chi connectivity index (χ1) is 9.96. The largest absolute Gasteiger partial charge is 0.338 e. The first kappa shape index (κ1) is 17.3. The van der Waals surface area contributed by atoms with Crippen molar-refractivity contribution in [3.8, 4) is 0 Å². The zero-order chi connectivity index (χ0) is 16.0. The Bertz CT molecular complexity index is 524. The number of hydrazine groups is 1. The Kier molecular flexibility index (Phi) is 6.44. The lowest BCUT2D eigenvalue weighted by Gasteiger charge is -2.26. The number of nitro groups is 1. The van der Waals surface area contributed by atoms with Crippen LogP contribution in [0.2, 0.25) is 0 Å². The molecule has 1 rings (SSSR count). The Morgan fingerprint density at radius 3 is 2.71 bits per heavy atom. The average Bonchev–Trinajstić information content (AvgIpc) is 2.50. The molecule has 0 spiro atoms. The smallest absolute Gasteiger partial charge is 0.282 e. The summed E-state index contributed by atoms with van der Waals surface area (Å²) in [5.74, 6) is 5.71. The second-order valence-electron chi connectivity index (χ2n) is 4.57. The number of nitrogens with zero attached hydrogens (tertiary/aromatic N) is 2. The summed E-state index contributed by atoms with van der Waals surface area (Å²) in [5.41, 5.74) is 2.67. The van der Waals surface area contributed by atoms with E-state index in [1.54, 1.807) is 23.7 Å². The Hall–Kier alpha value is -1.80. The molecule has 1 amide bonds. The van der Waals surface area contributed by atoms with Gasteiger partial charge in [0.1, 0.15) is 5.56 Å². The monoisotopic (exact) mass is 312 g/mol. The number of nitrogens with two attached hydrogens (primary N) is 1. The van der Waals surface area contributed by atoms with Crippen LogP contribution in [0.25, 0.3) is 0 Å². The molecule has 1 aromatic carbocycles. The normalized spacial score (nSPS) is 11.8. The van der Waals surface area contributed by atoms with Crippen LogP contribution in [0.5, 0.6) is 0 Å². The van der Waals surface area contributed by atoms with Crippen LogP contribution < -0.4 is 11.3 Å². The van der Waals surface area contributed by atoms with Crippen LogP contribution in [0.3, 0.4) is 0 Å². The number of carbonyl (C=O) groups is 1. The molecule has 7 nitrogen and oxygen atoms in total. The number of thioether (sulfide) groups is 1. The predicted molar refractivity (Wildman–Crippen MR) is 85.5 cm³/mol. The van der Waals surface area contributed by atoms with Crippen LogP contribution in [0, 0.1) is 10.1 Å². The van der Waals surface area contributed by atoms with Gasteiger partial charge in [0, 0.05) is 30.6 Å². The van der Waals surface area contributed by atoms with Crippen molar-refractivity contribution in [1.82, 2.24) is 4.90 Å². The number of nitro benzene ring substituents is 1. The van der Waals surface area contributed by atoms with Crippen molar-refractivity contribution < 1.29 is 9.72 Å². The SMILES string of the molecule is CCC(CSC)N(C)C(=O)c1cc(NN)ccc1[N+](=O)[O-]. The van der Waals surface area contributed by atoms with E-state index in [1.165, 1.54) is 18.2 Å². The molecule has 0 saturated heterocycles. The molecule has 1 aromatic rings. The van der Waals surface area contributed by atoms with Gasteiger partial charge in [0.15, 0.2) is 0 Å². The molecule has 3 N–H and O–H groups in total. The number of nitrogens with one attached hydrogen (secondary N) is 1. The Balaban J connectivity index is 3.17. The molecule has 0 aliphatic rings. The molecule has 0 aromatic heterocycles. The first-order valence-corrected chi connectivity index (χ1v) is 7.86. The standard InChI is InChI=1S/C13H20N4O3S/c1-4-10(8-21-3)16(2)13(18)11-7-9(15-14)5-6-12(11)17(19)20/h5-7,10,15H,4,8,14H2,1-3H3. The van der Waals surface area contributed by atoms with Crippen molar-refractivity contribution in [2.24, 2.45) is 5.84 Å². The maximum Gasteiger partial charge on any atom is 0.282 e. The number of nitrogen functional groups attached to an aromatic ring is 1. The van der Waals surface area contributed by atoms with Gasteiger partial charge < -0.3 is 10.3 Å². The summed E-state index contributed by atoms with van der Waals surface area (Å²) < 4.78 is 0. The fourth-order valence-electron chi connectivity index (χ4n) is 2.01. The van der Waals surface area contributed by atoms with Crippen LogP contribution in [0.4, 0.5) is 11.4 Å². The van der Waals surface area contributed by atoms with E-state index in [2.05, 4.69) is 5.43 Å². The maximum atomic E-state index is 12.6. The molecule has 0 aliphatic carbocycles. The van der Waals surface area contributed by atoms with Crippen molar-refractivity contribution in [2.45, 2.75) is 19.4 Å². The topological polar surface area (TPSA) is 102 Å². The molecule has 0 saturated carbocycles. The quantitative estimate of drug-likeness (QED) is 0.454. The van der Waals surface area contributed by atoms with E-state index in [0.29, 0.717) is 5.69 Å². The predicted octanol–water partition coefficient (Wildman–Crippen LogP) is 2.09. The third-order valence-electron chi connectivity index (χ3n) is 3.29. The molecule has 0 heterocycles. The summed E-state index contributed by atoms with van der Waals surface area (Å²) in [6.07, 6.45) is 2.74. The minimum absolute atomic E-state index is 0.0293. The molecule has 21 heavy (non-hydrogen) atoms. The molecule has 0 fully saturated rings. The number of amides is 1. The minimum Gasteiger partial charge on any atom is -0.338 e. The zero-order valence-corrected chi connectivity index (χ0v) is 13.1. The van der Waals surface area contributed by atoms with E-state index < -0.39 is 4.92 Å². The summed E-state index contributed by atoms with van der Waals surface area (Å²) in [7, 11) is 1.67. The first-order valence-electron chi connectivity index (χ1n) is 6.47. The number of hydrogen-bond donors (Lipinski definition) is 2. The van der Waals surface area contributed by atoms with E-state index >= 15 is 0 Å². The average molecular weight is 312 g/mol. The lowest BCUT2D eigenvalue weighted by molar-refractivity contribution is -0.385. The van der Waals surface area contributed by atoms with Gasteiger partial charge in [-0.1, -0.05) is 6.92 Å². The molecule has 0 radical (unpaired) electrons. The molecular formula is C13H20N4O3S. The van der Waals surface area contributed by atoms with Gasteiger partial charge in [-0.2, -0.15) is 11.8 Å². The maximum absolute atomic E-state index is 12.6. The fourth-order valence-corrected chi connectivity index (χ4v) is 2.85. The summed E-state index contributed by atoms with van der Waals surface area (Å²) in [5, 5.41) is 11.1. The number of benzene rings is 1. The van der Waals surface area contributed by atoms with Gasteiger partial charge in [-0.15, -0.1) is 0 Å². The van der Waals surface area contributed by atoms with Crippen LogP contribution >= 0.6 is 11.8 Å². The second kappa shape index (κ2) is 7.84. The Morgan fingerprint density at radius 1 is 1.57 bits per heavy atom. The van der Waals surface area contributed by atoms with Crippen LogP contribution in [-0.2, 0) is 0 Å². The summed E-state index contributed by atoms with van der Waals surface area (Å²) in [6.45, 7) is 1.98. The minimum atomic E-state index is -0.559. The van der Waals surface area contributed by atoms with E-state index in [9.17, 15) is 14.9 Å². The van der Waals surface area contributed by atoms with E-state index in [-0.39, 0.29) is 23.2 Å². The van der Waals surface area contributed by atoms with Gasteiger partial charge in [-0.25, -0.2) is 0 Å². The van der Waals surface area contributed by atoms with Crippen LogP contribution in [-0.4, -0.2) is 40.8 Å². The van der Waals surface area contributed by atoms with Crippen molar-refractivity contribution in [2.75, 3.05) is 24.5 Å². The highest BCUT2D eigenvalue weighted by molar-refractivity contribution is 7.98. The highest BCUT2D eigenvalue weighted by Gasteiger charge is 2.26. The lowest BCUT2D eigenvalue weighted by Crippen LogP contribution is -2.38. The highest BCUT2D eigenvalue weighted by atomic mass is 32.2. The lowest BCUT2D eigenvalue weighted by atomic mass is 10.1. The molecule has 0 bridgehead atoms. The van der Waals surface area contributed by atoms with Crippen molar-refractivity contribution in [3.05, 3.63) is 33.9 Å². The molecular weight excluding hydrogens is 292 g/mol. The number of hydrogen-bond acceptors (Lipinski definition) is 6. The fraction of sp³-hybridized carbons (Fsp3) is 0.462. The van der Waals surface area contributed by atoms with E-state index in [0.717, 1.165) is 12.2 Å². The number of anilines is 1. The van der Waals surface area contributed by atoms with Gasteiger partial charge in [-0.05, 0) is 24.8 Å². The Morgan fingerprint density at radius 2 is 2.24 bits per heavy atom. The molecule has 1 unspecified atom stereocenters. The molecule has 0 aliphatic heterocycles. The molecule has 8 heteroatoms. The molecule has 1 atom stereocenters. The third-order valence-corrected chi connectivity index (χ3v) is 4.01.